The van der Waals surface area contributed by atoms with Crippen molar-refractivity contribution < 1.29 is 13.5 Å². The molecule has 0 rings (SSSR count). The van der Waals surface area contributed by atoms with Crippen LogP contribution in [0.5, 0.6) is 0 Å². The monoisotopic (exact) mass is 209 g/mol. The maximum Gasteiger partial charge on any atom is 0.151 e. The molecule has 0 bridgehead atoms. The second kappa shape index (κ2) is 6.34. The molecule has 0 aliphatic heterocycles. The van der Waals surface area contributed by atoms with Crippen molar-refractivity contribution in [3.8, 4) is 0 Å². The molecule has 0 aromatic heterocycles. The first-order valence-corrected chi connectivity index (χ1v) is 6.41. The number of aliphatic hydroxyl groups is 1. The number of nitrogens with two attached hydrogens (primary N) is 1. The highest BCUT2D eigenvalue weighted by atomic mass is 32.2. The van der Waals surface area contributed by atoms with Crippen LogP contribution in [0.4, 0.5) is 0 Å². The Balaban J connectivity index is 3.87. The number of aliphatic hydroxyl groups excluding tert-OH is 1. The van der Waals surface area contributed by atoms with Crippen molar-refractivity contribution >= 4 is 9.84 Å². The molecular weight excluding hydrogens is 190 g/mol. The van der Waals surface area contributed by atoms with E-state index in [1.807, 2.05) is 6.92 Å². The molecule has 80 valence electrons. The zero-order chi connectivity index (χ0) is 10.3. The van der Waals surface area contributed by atoms with E-state index in [2.05, 4.69) is 0 Å². The summed E-state index contributed by atoms with van der Waals surface area (Å²) < 4.78 is 22.6. The van der Waals surface area contributed by atoms with Crippen LogP contribution in [0.15, 0.2) is 0 Å². The summed E-state index contributed by atoms with van der Waals surface area (Å²) in [5.41, 5.74) is 5.50. The minimum absolute atomic E-state index is 0.00639. The van der Waals surface area contributed by atoms with E-state index in [4.69, 9.17) is 10.8 Å². The average molecular weight is 209 g/mol. The maximum atomic E-state index is 11.3. The molecule has 0 aliphatic rings. The molecule has 0 aromatic rings. The summed E-state index contributed by atoms with van der Waals surface area (Å²) in [6.45, 7) is 1.90. The zero-order valence-corrected chi connectivity index (χ0v) is 8.89. The summed E-state index contributed by atoms with van der Waals surface area (Å²) in [4.78, 5) is 0. The van der Waals surface area contributed by atoms with Crippen molar-refractivity contribution in [3.05, 3.63) is 0 Å². The van der Waals surface area contributed by atoms with E-state index in [0.29, 0.717) is 12.8 Å². The van der Waals surface area contributed by atoms with E-state index < -0.39 is 15.9 Å². The van der Waals surface area contributed by atoms with Crippen molar-refractivity contribution in [2.75, 3.05) is 18.1 Å². The molecule has 0 spiro atoms. The van der Waals surface area contributed by atoms with Crippen molar-refractivity contribution in [1.82, 2.24) is 0 Å². The van der Waals surface area contributed by atoms with Gasteiger partial charge < -0.3 is 10.8 Å². The number of hydrogen-bond acceptors (Lipinski definition) is 4. The van der Waals surface area contributed by atoms with Crippen LogP contribution in [-0.2, 0) is 9.84 Å². The second-order valence-electron chi connectivity index (χ2n) is 3.24. The van der Waals surface area contributed by atoms with Gasteiger partial charge in [-0.3, -0.25) is 0 Å². The molecule has 0 heterocycles. The lowest BCUT2D eigenvalue weighted by Gasteiger charge is -2.09. The fourth-order valence-corrected chi connectivity index (χ4v) is 2.74. The Morgan fingerprint density at radius 3 is 2.54 bits per heavy atom. The Morgan fingerprint density at radius 2 is 2.08 bits per heavy atom. The molecule has 4 nitrogen and oxygen atoms in total. The SMILES string of the molecule is CCCCS(=O)(=O)CC(N)CCO. The summed E-state index contributed by atoms with van der Waals surface area (Å²) in [6.07, 6.45) is 1.91. The Labute approximate surface area is 80.1 Å². The van der Waals surface area contributed by atoms with Gasteiger partial charge in [-0.1, -0.05) is 13.3 Å². The molecule has 1 atom stereocenters. The van der Waals surface area contributed by atoms with Crippen LogP contribution in [0.2, 0.25) is 0 Å². The molecular formula is C8H19NO3S. The van der Waals surface area contributed by atoms with Crippen molar-refractivity contribution in [2.45, 2.75) is 32.2 Å². The predicted octanol–water partition coefficient (Wildman–Crippen LogP) is -0.0890. The van der Waals surface area contributed by atoms with Crippen molar-refractivity contribution in [2.24, 2.45) is 5.73 Å². The highest BCUT2D eigenvalue weighted by Crippen LogP contribution is 2.00. The molecule has 1 unspecified atom stereocenters. The Morgan fingerprint density at radius 1 is 1.46 bits per heavy atom. The van der Waals surface area contributed by atoms with Crippen LogP contribution in [0.1, 0.15) is 26.2 Å². The summed E-state index contributed by atoms with van der Waals surface area (Å²) >= 11 is 0. The van der Waals surface area contributed by atoms with E-state index in [0.717, 1.165) is 6.42 Å². The van der Waals surface area contributed by atoms with Crippen molar-refractivity contribution in [3.63, 3.8) is 0 Å². The van der Waals surface area contributed by atoms with E-state index in [1.165, 1.54) is 0 Å². The van der Waals surface area contributed by atoms with Gasteiger partial charge in [0.25, 0.3) is 0 Å². The number of rotatable bonds is 7. The first-order valence-electron chi connectivity index (χ1n) is 4.58. The van der Waals surface area contributed by atoms with Gasteiger partial charge in [-0.15, -0.1) is 0 Å². The molecule has 0 aliphatic carbocycles. The van der Waals surface area contributed by atoms with Crippen LogP contribution >= 0.6 is 0 Å². The Bertz CT molecular complexity index is 213. The van der Waals surface area contributed by atoms with Crippen molar-refractivity contribution in [1.29, 1.82) is 0 Å². The highest BCUT2D eigenvalue weighted by Gasteiger charge is 2.14. The predicted molar refractivity (Wildman–Crippen MR) is 53.2 cm³/mol. The molecule has 3 N–H and O–H groups in total. The molecule has 13 heavy (non-hydrogen) atoms. The molecule has 0 amide bonds. The highest BCUT2D eigenvalue weighted by molar-refractivity contribution is 7.91. The molecule has 0 saturated carbocycles. The van der Waals surface area contributed by atoms with Gasteiger partial charge in [0.15, 0.2) is 9.84 Å². The quantitative estimate of drug-likeness (QED) is 0.614. The average Bonchev–Trinajstić information content (AvgIpc) is 2.00. The first-order chi connectivity index (χ1) is 6.02. The lowest BCUT2D eigenvalue weighted by atomic mass is 10.3. The molecule has 0 fully saturated rings. The standard InChI is InChI=1S/C8H19NO3S/c1-2-3-6-13(11,12)7-8(9)4-5-10/h8,10H,2-7,9H2,1H3. The van der Waals surface area contributed by atoms with Gasteiger partial charge in [0.2, 0.25) is 0 Å². The fraction of sp³-hybridized carbons (Fsp3) is 1.00. The van der Waals surface area contributed by atoms with Crippen LogP contribution in [0.25, 0.3) is 0 Å². The normalized spacial score (nSPS) is 14.4. The maximum absolute atomic E-state index is 11.3. The van der Waals surface area contributed by atoms with Gasteiger partial charge in [0.05, 0.1) is 11.5 Å². The number of sulfone groups is 1. The molecule has 0 aromatic carbocycles. The number of unbranched alkanes of at least 4 members (excludes halogenated alkanes) is 1. The van der Waals surface area contributed by atoms with Crippen LogP contribution in [0.3, 0.4) is 0 Å². The third-order valence-corrected chi connectivity index (χ3v) is 3.62. The zero-order valence-electron chi connectivity index (χ0n) is 8.07. The summed E-state index contributed by atoms with van der Waals surface area (Å²) in [7, 11) is -3.00. The lowest BCUT2D eigenvalue weighted by Crippen LogP contribution is -2.31. The van der Waals surface area contributed by atoms with E-state index in [9.17, 15) is 8.42 Å². The topological polar surface area (TPSA) is 80.4 Å². The summed E-state index contributed by atoms with van der Waals surface area (Å²) in [5, 5.41) is 8.53. The van der Waals surface area contributed by atoms with Gasteiger partial charge in [-0.05, 0) is 12.8 Å². The summed E-state index contributed by atoms with van der Waals surface area (Å²) in [5.74, 6) is 0.205. The third kappa shape index (κ3) is 6.98. The first kappa shape index (κ1) is 12.9. The van der Waals surface area contributed by atoms with Gasteiger partial charge in [-0.2, -0.15) is 0 Å². The van der Waals surface area contributed by atoms with E-state index in [-0.39, 0.29) is 18.1 Å². The minimum Gasteiger partial charge on any atom is -0.396 e. The molecule has 0 radical (unpaired) electrons. The Kier molecular flexibility index (Phi) is 6.28. The third-order valence-electron chi connectivity index (χ3n) is 1.78. The minimum atomic E-state index is -3.00. The largest absolute Gasteiger partial charge is 0.396 e. The van der Waals surface area contributed by atoms with Gasteiger partial charge >= 0.3 is 0 Å². The molecule has 0 saturated heterocycles. The van der Waals surface area contributed by atoms with E-state index in [1.54, 1.807) is 0 Å². The fourth-order valence-electron chi connectivity index (χ4n) is 1.02. The van der Waals surface area contributed by atoms with Gasteiger partial charge in [0.1, 0.15) is 0 Å². The van der Waals surface area contributed by atoms with Crippen LogP contribution in [0, 0.1) is 0 Å². The summed E-state index contributed by atoms with van der Waals surface area (Å²) in [6, 6.07) is -0.424. The van der Waals surface area contributed by atoms with Crippen LogP contribution in [-0.4, -0.2) is 37.7 Å². The second-order valence-corrected chi connectivity index (χ2v) is 5.47. The lowest BCUT2D eigenvalue weighted by molar-refractivity contribution is 0.279. The van der Waals surface area contributed by atoms with Gasteiger partial charge in [-0.25, -0.2) is 8.42 Å². The molecule has 5 heteroatoms. The van der Waals surface area contributed by atoms with Crippen LogP contribution < -0.4 is 5.73 Å². The number of hydrogen-bond donors (Lipinski definition) is 2. The van der Waals surface area contributed by atoms with Gasteiger partial charge in [0, 0.05) is 12.6 Å². The van der Waals surface area contributed by atoms with E-state index >= 15 is 0 Å². The smallest absolute Gasteiger partial charge is 0.151 e. The Hall–Kier alpha value is -0.130.